The number of aromatic hydroxyl groups is 2. The van der Waals surface area contributed by atoms with Crippen molar-refractivity contribution in [1.29, 1.82) is 0 Å². The molecule has 22 heavy (non-hydrogen) atoms. The Morgan fingerprint density at radius 3 is 2.64 bits per heavy atom. The molecule has 0 unspecified atom stereocenters. The van der Waals surface area contributed by atoms with Gasteiger partial charge in [-0.1, -0.05) is 18.2 Å². The Balaban J connectivity index is 2.12. The molecule has 0 aliphatic rings. The third-order valence-corrected chi connectivity index (χ3v) is 3.55. The van der Waals surface area contributed by atoms with E-state index in [4.69, 9.17) is 4.42 Å². The van der Waals surface area contributed by atoms with Gasteiger partial charge in [-0.25, -0.2) is 8.42 Å². The second kappa shape index (κ2) is 4.92. The number of pyridine rings is 1. The Morgan fingerprint density at radius 1 is 1.18 bits per heavy atom. The highest BCUT2D eigenvalue weighted by Gasteiger charge is 2.23. The summed E-state index contributed by atoms with van der Waals surface area (Å²) in [4.78, 5) is 4.22. The van der Waals surface area contributed by atoms with E-state index in [2.05, 4.69) is 4.98 Å². The quantitative estimate of drug-likeness (QED) is 0.682. The molecule has 0 atom stereocenters. The Kier molecular flexibility index (Phi) is 3.18. The number of benzene rings is 1. The van der Waals surface area contributed by atoms with Gasteiger partial charge < -0.3 is 14.6 Å². The molecule has 114 valence electrons. The molecule has 0 saturated heterocycles. The molecule has 3 rings (SSSR count). The van der Waals surface area contributed by atoms with Gasteiger partial charge >= 0.3 is 0 Å². The fourth-order valence-electron chi connectivity index (χ4n) is 2.04. The lowest BCUT2D eigenvalue weighted by molar-refractivity contribution is 0.410. The van der Waals surface area contributed by atoms with Crippen molar-refractivity contribution >= 4 is 26.8 Å². The summed E-state index contributed by atoms with van der Waals surface area (Å²) in [6.45, 7) is 0. The average molecular weight is 320 g/mol. The molecule has 3 N–H and O–H groups in total. The summed E-state index contributed by atoms with van der Waals surface area (Å²) in [5.41, 5.74) is 1.17. The lowest BCUT2D eigenvalue weighted by Gasteiger charge is -2.01. The predicted molar refractivity (Wildman–Crippen MR) is 81.2 cm³/mol. The number of para-hydroxylation sites is 1. The molecule has 0 aliphatic heterocycles. The van der Waals surface area contributed by atoms with Crippen molar-refractivity contribution in [1.82, 2.24) is 4.98 Å². The van der Waals surface area contributed by atoms with Crippen molar-refractivity contribution in [2.75, 3.05) is 11.0 Å². The summed E-state index contributed by atoms with van der Waals surface area (Å²) < 4.78 is 29.6. The van der Waals surface area contributed by atoms with Crippen molar-refractivity contribution in [2.24, 2.45) is 0 Å². The number of fused-ring (bicyclic) bond motifs is 1. The van der Waals surface area contributed by atoms with Crippen LogP contribution in [0.25, 0.3) is 22.2 Å². The molecule has 2 heterocycles. The Hall–Kier alpha value is -2.74. The van der Waals surface area contributed by atoms with Crippen LogP contribution in [-0.2, 0) is 10.0 Å². The zero-order valence-electron chi connectivity index (χ0n) is 11.4. The smallest absolute Gasteiger partial charge is 0.253 e. The fraction of sp³-hybridized carbons (Fsp3) is 0.0714. The van der Waals surface area contributed by atoms with E-state index < -0.39 is 27.4 Å². The minimum absolute atomic E-state index is 0.0677. The van der Waals surface area contributed by atoms with E-state index >= 15 is 0 Å². The number of nitrogens with one attached hydrogen (secondary N) is 1. The topological polar surface area (TPSA) is 113 Å². The average Bonchev–Trinajstić information content (AvgIpc) is 2.73. The van der Waals surface area contributed by atoms with Crippen LogP contribution < -0.4 is 4.72 Å². The van der Waals surface area contributed by atoms with E-state index in [0.29, 0.717) is 5.56 Å². The van der Waals surface area contributed by atoms with Gasteiger partial charge in [0, 0.05) is 17.1 Å². The Labute approximate surface area is 125 Å². The van der Waals surface area contributed by atoms with Gasteiger partial charge in [-0.2, -0.15) is 0 Å². The number of aromatic nitrogens is 1. The number of rotatable bonds is 3. The van der Waals surface area contributed by atoms with Gasteiger partial charge in [0.15, 0.2) is 5.76 Å². The number of nitrogens with zero attached hydrogens (tertiary/aromatic N) is 1. The van der Waals surface area contributed by atoms with Crippen LogP contribution >= 0.6 is 0 Å². The highest BCUT2D eigenvalue weighted by molar-refractivity contribution is 7.92. The van der Waals surface area contributed by atoms with Crippen molar-refractivity contribution in [3.8, 4) is 22.8 Å². The zero-order chi connectivity index (χ0) is 15.9. The molecule has 0 saturated carbocycles. The van der Waals surface area contributed by atoms with Crippen LogP contribution in [-0.4, -0.2) is 29.9 Å². The molecule has 0 radical (unpaired) electrons. The Morgan fingerprint density at radius 2 is 1.91 bits per heavy atom. The third kappa shape index (κ3) is 2.56. The second-order valence-electron chi connectivity index (χ2n) is 4.75. The molecule has 7 nitrogen and oxygen atoms in total. The van der Waals surface area contributed by atoms with Gasteiger partial charge in [0.1, 0.15) is 0 Å². The molecule has 1 aromatic carbocycles. The molecule has 0 aliphatic carbocycles. The van der Waals surface area contributed by atoms with Crippen LogP contribution in [0.5, 0.6) is 11.5 Å². The second-order valence-corrected chi connectivity index (χ2v) is 6.50. The maximum absolute atomic E-state index is 11.2. The highest BCUT2D eigenvalue weighted by Crippen LogP contribution is 2.45. The van der Waals surface area contributed by atoms with Gasteiger partial charge in [-0.05, 0) is 12.1 Å². The lowest BCUT2D eigenvalue weighted by Crippen LogP contribution is -2.08. The molecule has 0 spiro atoms. The summed E-state index contributed by atoms with van der Waals surface area (Å²) in [5, 5.41) is 20.5. The zero-order valence-corrected chi connectivity index (χ0v) is 12.3. The van der Waals surface area contributed by atoms with Crippen molar-refractivity contribution < 1.29 is 23.0 Å². The molecule has 3 aromatic rings. The van der Waals surface area contributed by atoms with Crippen molar-refractivity contribution in [2.45, 2.75) is 0 Å². The minimum atomic E-state index is -3.65. The first-order valence-corrected chi connectivity index (χ1v) is 8.12. The van der Waals surface area contributed by atoms with Crippen LogP contribution in [0.2, 0.25) is 0 Å². The number of hydrogen-bond donors (Lipinski definition) is 3. The largest absolute Gasteiger partial charge is 0.502 e. The maximum Gasteiger partial charge on any atom is 0.253 e. The normalized spacial score (nSPS) is 11.7. The Bertz CT molecular complexity index is 963. The first-order valence-electron chi connectivity index (χ1n) is 6.23. The molecule has 8 heteroatoms. The maximum atomic E-state index is 11.2. The van der Waals surface area contributed by atoms with Gasteiger partial charge in [-0.3, -0.25) is 9.71 Å². The van der Waals surface area contributed by atoms with Gasteiger partial charge in [-0.15, -0.1) is 0 Å². The summed E-state index contributed by atoms with van der Waals surface area (Å²) in [6, 6.07) is 9.06. The summed E-state index contributed by atoms with van der Waals surface area (Å²) in [5.74, 6) is -1.73. The number of furan rings is 1. The summed E-state index contributed by atoms with van der Waals surface area (Å²) in [7, 11) is -3.65. The van der Waals surface area contributed by atoms with Gasteiger partial charge in [0.05, 0.1) is 11.8 Å². The first kappa shape index (κ1) is 14.2. The molecule has 0 bridgehead atoms. The minimum Gasteiger partial charge on any atom is -0.502 e. The summed E-state index contributed by atoms with van der Waals surface area (Å²) >= 11 is 0. The lowest BCUT2D eigenvalue weighted by atomic mass is 10.1. The van der Waals surface area contributed by atoms with E-state index in [1.807, 2.05) is 29.0 Å². The molecule has 2 aromatic heterocycles. The predicted octanol–water partition coefficient (Wildman–Crippen LogP) is 2.28. The van der Waals surface area contributed by atoms with Crippen molar-refractivity contribution in [3.05, 3.63) is 36.5 Å². The molecular formula is C14H12N2O5S. The van der Waals surface area contributed by atoms with E-state index in [1.54, 1.807) is 6.07 Å². The van der Waals surface area contributed by atoms with E-state index in [9.17, 15) is 18.6 Å². The van der Waals surface area contributed by atoms with E-state index in [-0.39, 0.29) is 5.76 Å². The van der Waals surface area contributed by atoms with Crippen LogP contribution in [0.15, 0.2) is 40.9 Å². The molecule has 0 amide bonds. The standard InChI is InChI=1S/C14H12N2O5S/c1-22(19,20)16-14-12(18)11(17)13(21-14)9-6-8-4-2-3-5-10(8)15-7-9/h2-7,16-18H,1H3. The highest BCUT2D eigenvalue weighted by atomic mass is 32.2. The number of sulfonamides is 1. The molecule has 0 fully saturated rings. The van der Waals surface area contributed by atoms with Crippen LogP contribution in [0.1, 0.15) is 0 Å². The fourth-order valence-corrected chi connectivity index (χ4v) is 2.52. The SMILES string of the molecule is CS(=O)(=O)Nc1oc(-c2cnc3ccccc3c2)c(O)c1O. The van der Waals surface area contributed by atoms with Gasteiger partial charge in [0.25, 0.3) is 5.88 Å². The summed E-state index contributed by atoms with van der Waals surface area (Å²) in [6.07, 6.45) is 2.37. The van der Waals surface area contributed by atoms with Crippen molar-refractivity contribution in [3.63, 3.8) is 0 Å². The third-order valence-electron chi connectivity index (χ3n) is 2.99. The van der Waals surface area contributed by atoms with Crippen LogP contribution in [0.4, 0.5) is 5.88 Å². The van der Waals surface area contributed by atoms with E-state index in [1.165, 1.54) is 6.20 Å². The number of anilines is 1. The van der Waals surface area contributed by atoms with Crippen LogP contribution in [0, 0.1) is 0 Å². The van der Waals surface area contributed by atoms with E-state index in [0.717, 1.165) is 17.2 Å². The van der Waals surface area contributed by atoms with Gasteiger partial charge in [0.2, 0.25) is 21.5 Å². The first-order chi connectivity index (χ1) is 10.3. The number of hydrogen-bond acceptors (Lipinski definition) is 6. The monoisotopic (exact) mass is 320 g/mol. The molecular weight excluding hydrogens is 308 g/mol. The van der Waals surface area contributed by atoms with Crippen LogP contribution in [0.3, 0.4) is 0 Å².